The van der Waals surface area contributed by atoms with E-state index in [1.807, 2.05) is 13.8 Å². The van der Waals surface area contributed by atoms with E-state index in [2.05, 4.69) is 15.0 Å². The number of fused-ring (bicyclic) bond motifs is 2. The van der Waals surface area contributed by atoms with Gasteiger partial charge in [-0.3, -0.25) is 4.57 Å². The molecule has 2 fully saturated rings. The molecule has 29 heavy (non-hydrogen) atoms. The van der Waals surface area contributed by atoms with Gasteiger partial charge in [0, 0.05) is 0 Å². The van der Waals surface area contributed by atoms with Crippen LogP contribution in [0.5, 0.6) is 0 Å². The molecular formula is C17H22ClN5O6. The lowest BCUT2D eigenvalue weighted by Gasteiger charge is -2.24. The van der Waals surface area contributed by atoms with Gasteiger partial charge in [-0.2, -0.15) is 9.97 Å². The Labute approximate surface area is 171 Å². The number of aromatic nitrogens is 4. The van der Waals surface area contributed by atoms with E-state index >= 15 is 0 Å². The number of halogens is 1. The first-order chi connectivity index (χ1) is 13.8. The third kappa shape index (κ3) is 3.88. The molecule has 0 spiro atoms. The zero-order valence-corrected chi connectivity index (χ0v) is 17.0. The normalized spacial score (nSPS) is 28.0. The largest absolute Gasteiger partial charge is 0.464 e. The molecule has 2 aromatic heterocycles. The number of esters is 1. The van der Waals surface area contributed by atoms with Gasteiger partial charge in [0.1, 0.15) is 30.4 Å². The number of ether oxygens (including phenoxy) is 5. The number of imidazole rings is 1. The Bertz CT molecular complexity index is 921. The Kier molecular flexibility index (Phi) is 5.34. The smallest absolute Gasteiger partial charge is 0.332 e. The van der Waals surface area contributed by atoms with Gasteiger partial charge in [-0.15, -0.1) is 0 Å². The van der Waals surface area contributed by atoms with Crippen molar-refractivity contribution in [2.24, 2.45) is 0 Å². The average molecular weight is 428 g/mol. The molecule has 0 bridgehead atoms. The van der Waals surface area contributed by atoms with Crippen molar-refractivity contribution in [1.29, 1.82) is 0 Å². The fraction of sp³-hybridized carbons (Fsp3) is 0.647. The lowest BCUT2D eigenvalue weighted by Crippen LogP contribution is -2.33. The van der Waals surface area contributed by atoms with Crippen molar-refractivity contribution in [3.8, 4) is 0 Å². The van der Waals surface area contributed by atoms with Crippen molar-refractivity contribution in [3.05, 3.63) is 11.6 Å². The minimum Gasteiger partial charge on any atom is -0.464 e. The number of nitrogens with zero attached hydrogens (tertiary/aromatic N) is 4. The number of nitrogens with two attached hydrogens (primary N) is 1. The second-order valence-corrected chi connectivity index (χ2v) is 7.49. The van der Waals surface area contributed by atoms with Crippen LogP contribution in [-0.4, -0.2) is 69.4 Å². The summed E-state index contributed by atoms with van der Waals surface area (Å²) < 4.78 is 30.3. The predicted octanol–water partition coefficient (Wildman–Crippen LogP) is 1.06. The third-order valence-corrected chi connectivity index (χ3v) is 4.80. The van der Waals surface area contributed by atoms with Crippen LogP contribution in [0.15, 0.2) is 6.33 Å². The summed E-state index contributed by atoms with van der Waals surface area (Å²) in [4.78, 5) is 23.9. The molecule has 0 aromatic carbocycles. The molecule has 2 aliphatic rings. The van der Waals surface area contributed by atoms with Gasteiger partial charge in [-0.25, -0.2) is 9.78 Å². The monoisotopic (exact) mass is 427 g/mol. The van der Waals surface area contributed by atoms with E-state index in [1.165, 1.54) is 0 Å². The molecule has 0 saturated carbocycles. The van der Waals surface area contributed by atoms with E-state index in [-0.39, 0.29) is 24.3 Å². The molecule has 2 aromatic rings. The highest BCUT2D eigenvalue weighted by molar-refractivity contribution is 6.28. The highest BCUT2D eigenvalue weighted by Crippen LogP contribution is 2.44. The molecule has 0 radical (unpaired) electrons. The second kappa shape index (κ2) is 7.65. The van der Waals surface area contributed by atoms with Gasteiger partial charge in [0.25, 0.3) is 0 Å². The number of nitrogen functional groups attached to an aromatic ring is 1. The molecule has 0 amide bonds. The summed E-state index contributed by atoms with van der Waals surface area (Å²) in [6, 6.07) is 0. The quantitative estimate of drug-likeness (QED) is 0.526. The van der Waals surface area contributed by atoms with Crippen molar-refractivity contribution in [2.75, 3.05) is 25.6 Å². The van der Waals surface area contributed by atoms with Gasteiger partial charge in [-0.05, 0) is 32.4 Å². The van der Waals surface area contributed by atoms with Crippen LogP contribution in [0.4, 0.5) is 5.82 Å². The topological polar surface area (TPSA) is 133 Å². The Morgan fingerprint density at radius 1 is 1.34 bits per heavy atom. The zero-order valence-electron chi connectivity index (χ0n) is 16.2. The molecule has 4 atom stereocenters. The average Bonchev–Trinajstić information content (AvgIpc) is 3.27. The maximum atomic E-state index is 11.5. The zero-order chi connectivity index (χ0) is 20.8. The Hall–Kier alpha value is -2.05. The van der Waals surface area contributed by atoms with Crippen LogP contribution in [0.25, 0.3) is 11.2 Å². The van der Waals surface area contributed by atoms with Crippen LogP contribution in [0.2, 0.25) is 5.28 Å². The molecule has 0 unspecified atom stereocenters. The second-order valence-electron chi connectivity index (χ2n) is 7.15. The first-order valence-electron chi connectivity index (χ1n) is 9.19. The van der Waals surface area contributed by atoms with Gasteiger partial charge < -0.3 is 29.4 Å². The number of carbonyl (C=O) groups is 1. The highest BCUT2D eigenvalue weighted by Gasteiger charge is 2.56. The number of rotatable bonds is 6. The van der Waals surface area contributed by atoms with E-state index in [0.717, 1.165) is 0 Å². The van der Waals surface area contributed by atoms with Crippen LogP contribution < -0.4 is 5.73 Å². The number of hydrogen-bond donors (Lipinski definition) is 1. The minimum absolute atomic E-state index is 0.00420. The third-order valence-electron chi connectivity index (χ3n) is 4.63. The summed E-state index contributed by atoms with van der Waals surface area (Å²) in [5.41, 5.74) is 6.73. The Balaban J connectivity index is 1.57. The molecule has 2 saturated heterocycles. The molecule has 12 heteroatoms. The van der Waals surface area contributed by atoms with Crippen LogP contribution in [-0.2, 0) is 28.5 Å². The van der Waals surface area contributed by atoms with Crippen LogP contribution in [0.1, 0.15) is 27.0 Å². The minimum atomic E-state index is -0.807. The van der Waals surface area contributed by atoms with Gasteiger partial charge in [0.05, 0.1) is 19.5 Å². The molecule has 158 valence electrons. The van der Waals surface area contributed by atoms with Crippen molar-refractivity contribution >= 4 is 34.6 Å². The van der Waals surface area contributed by atoms with Gasteiger partial charge in [-0.1, -0.05) is 0 Å². The summed E-state index contributed by atoms with van der Waals surface area (Å²) in [5, 5.41) is 0.00420. The van der Waals surface area contributed by atoms with E-state index in [1.54, 1.807) is 17.8 Å². The predicted molar refractivity (Wildman–Crippen MR) is 99.9 cm³/mol. The first kappa shape index (κ1) is 20.2. The van der Waals surface area contributed by atoms with Crippen LogP contribution in [0, 0.1) is 0 Å². The molecule has 4 rings (SSSR count). The number of hydrogen-bond acceptors (Lipinski definition) is 10. The van der Waals surface area contributed by atoms with Gasteiger partial charge in [0.15, 0.2) is 23.5 Å². The Morgan fingerprint density at radius 3 is 2.86 bits per heavy atom. The van der Waals surface area contributed by atoms with Gasteiger partial charge >= 0.3 is 5.97 Å². The summed E-state index contributed by atoms with van der Waals surface area (Å²) >= 11 is 5.96. The lowest BCUT2D eigenvalue weighted by molar-refractivity contribution is -0.202. The van der Waals surface area contributed by atoms with E-state index in [4.69, 9.17) is 41.0 Å². The fourth-order valence-electron chi connectivity index (χ4n) is 3.58. The van der Waals surface area contributed by atoms with Crippen molar-refractivity contribution in [1.82, 2.24) is 19.5 Å². The summed E-state index contributed by atoms with van der Waals surface area (Å²) in [7, 11) is 0. The molecule has 11 nitrogen and oxygen atoms in total. The van der Waals surface area contributed by atoms with Crippen molar-refractivity contribution < 1.29 is 28.5 Å². The maximum Gasteiger partial charge on any atom is 0.332 e. The summed E-state index contributed by atoms with van der Waals surface area (Å²) in [6.45, 7) is 5.62. The molecule has 0 aliphatic carbocycles. The number of anilines is 1. The van der Waals surface area contributed by atoms with E-state index < -0.39 is 36.3 Å². The van der Waals surface area contributed by atoms with E-state index in [0.29, 0.717) is 17.8 Å². The van der Waals surface area contributed by atoms with Crippen molar-refractivity contribution in [3.63, 3.8) is 0 Å². The van der Waals surface area contributed by atoms with Crippen molar-refractivity contribution in [2.45, 2.75) is 51.1 Å². The Morgan fingerprint density at radius 2 is 2.10 bits per heavy atom. The van der Waals surface area contributed by atoms with Crippen LogP contribution in [0.3, 0.4) is 0 Å². The molecular weight excluding hydrogens is 406 g/mol. The summed E-state index contributed by atoms with van der Waals surface area (Å²) in [6.07, 6.45) is -0.399. The highest BCUT2D eigenvalue weighted by atomic mass is 35.5. The lowest BCUT2D eigenvalue weighted by atomic mass is 10.1. The number of carbonyl (C=O) groups excluding carboxylic acids is 1. The van der Waals surface area contributed by atoms with E-state index in [9.17, 15) is 4.79 Å². The van der Waals surface area contributed by atoms with Crippen LogP contribution >= 0.6 is 11.6 Å². The molecule has 2 aliphatic heterocycles. The SMILES string of the molecule is CCOC(=O)COC[C@H]1O[C@@H](n2cnc3c(N)nc(Cl)nc32)[C@@H]2OC(C)(C)O[C@@H]21. The molecule has 4 heterocycles. The summed E-state index contributed by atoms with van der Waals surface area (Å²) in [5.74, 6) is -1.07. The van der Waals surface area contributed by atoms with Gasteiger partial charge in [0.2, 0.25) is 5.28 Å². The standard InChI is InChI=1S/C17H22ClN5O6/c1-4-26-9(24)6-25-5-8-11-12(29-17(2,3)28-11)15(27-8)23-7-20-10-13(19)21-16(18)22-14(10)23/h7-8,11-12,15H,4-6H2,1-3H3,(H2,19,21,22)/t8-,11-,12-,15-/m1/s1. The maximum absolute atomic E-state index is 11.5. The fourth-order valence-corrected chi connectivity index (χ4v) is 3.75. The first-order valence-corrected chi connectivity index (χ1v) is 9.57. The molecule has 2 N–H and O–H groups in total.